The van der Waals surface area contributed by atoms with Crippen molar-refractivity contribution in [2.75, 3.05) is 23.5 Å². The molecule has 0 spiro atoms. The number of nitrogens with zero attached hydrogens (tertiary/aromatic N) is 1. The molecule has 1 heterocycles. The van der Waals surface area contributed by atoms with Gasteiger partial charge in [-0.3, -0.25) is 9.59 Å². The molecule has 1 aromatic rings. The van der Waals surface area contributed by atoms with Crippen molar-refractivity contribution >= 4 is 51.2 Å². The van der Waals surface area contributed by atoms with Crippen molar-refractivity contribution in [2.45, 2.75) is 0 Å². The fourth-order valence-corrected chi connectivity index (χ4v) is 3.09. The number of amides is 2. The molecule has 2 N–H and O–H groups in total. The zero-order valence-electron chi connectivity index (χ0n) is 10.3. The highest BCUT2D eigenvalue weighted by molar-refractivity contribution is 9.10. The maximum atomic E-state index is 11.9. The summed E-state index contributed by atoms with van der Waals surface area (Å²) in [6.07, 6.45) is 0. The van der Waals surface area contributed by atoms with Crippen LogP contribution in [0.1, 0.15) is 10.4 Å². The van der Waals surface area contributed by atoms with Gasteiger partial charge in [0.05, 0.1) is 22.9 Å². The summed E-state index contributed by atoms with van der Waals surface area (Å²) in [7, 11) is 0. The van der Waals surface area contributed by atoms with Crippen LogP contribution in [0.5, 0.6) is 0 Å². The molecule has 0 aromatic heterocycles. The Morgan fingerprint density at radius 2 is 2.20 bits per heavy atom. The number of hydrogen-bond acceptors (Lipinski definition) is 4. The van der Waals surface area contributed by atoms with Gasteiger partial charge >= 0.3 is 5.97 Å². The molecule has 0 saturated carbocycles. The van der Waals surface area contributed by atoms with Gasteiger partial charge in [-0.25, -0.2) is 4.79 Å². The van der Waals surface area contributed by atoms with Crippen LogP contribution in [0, 0.1) is 0 Å². The maximum Gasteiger partial charge on any atom is 0.337 e. The van der Waals surface area contributed by atoms with Crippen LogP contribution in [0.3, 0.4) is 0 Å². The van der Waals surface area contributed by atoms with Crippen LogP contribution in [0.4, 0.5) is 5.69 Å². The smallest absolute Gasteiger partial charge is 0.337 e. The van der Waals surface area contributed by atoms with E-state index in [1.807, 2.05) is 0 Å². The molecule has 6 nitrogen and oxygen atoms in total. The number of hydrogen-bond donors (Lipinski definition) is 2. The van der Waals surface area contributed by atoms with Crippen LogP contribution in [-0.4, -0.2) is 46.0 Å². The molecule has 2 amide bonds. The van der Waals surface area contributed by atoms with Crippen molar-refractivity contribution in [3.05, 3.63) is 28.2 Å². The lowest BCUT2D eigenvalue weighted by atomic mass is 10.2. The summed E-state index contributed by atoms with van der Waals surface area (Å²) >= 11 is 4.65. The summed E-state index contributed by atoms with van der Waals surface area (Å²) in [6.45, 7) is -0.0772. The molecule has 1 aliphatic heterocycles. The maximum absolute atomic E-state index is 11.9. The van der Waals surface area contributed by atoms with Crippen LogP contribution in [-0.2, 0) is 9.59 Å². The molecule has 0 aliphatic carbocycles. The number of halogens is 1. The predicted octanol–water partition coefficient (Wildman–Crippen LogP) is 1.62. The lowest BCUT2D eigenvalue weighted by Crippen LogP contribution is -2.34. The number of anilines is 1. The van der Waals surface area contributed by atoms with Crippen LogP contribution in [0.2, 0.25) is 0 Å². The molecule has 0 bridgehead atoms. The highest BCUT2D eigenvalue weighted by Gasteiger charge is 2.24. The van der Waals surface area contributed by atoms with Crippen molar-refractivity contribution in [2.24, 2.45) is 0 Å². The number of rotatable bonds is 4. The molecule has 106 valence electrons. The van der Waals surface area contributed by atoms with E-state index in [1.165, 1.54) is 22.7 Å². The molecular formula is C12H11BrN2O4S. The molecule has 8 heteroatoms. The second kappa shape index (κ2) is 6.27. The van der Waals surface area contributed by atoms with Crippen LogP contribution >= 0.6 is 27.7 Å². The van der Waals surface area contributed by atoms with Gasteiger partial charge in [-0.1, -0.05) is 6.07 Å². The number of carbonyl (C=O) groups is 3. The second-order valence-corrected chi connectivity index (χ2v) is 5.89. The van der Waals surface area contributed by atoms with Crippen molar-refractivity contribution in [1.29, 1.82) is 0 Å². The number of para-hydroxylation sites is 1. The molecule has 1 fully saturated rings. The summed E-state index contributed by atoms with van der Waals surface area (Å²) in [4.78, 5) is 35.9. The van der Waals surface area contributed by atoms with Gasteiger partial charge in [-0.15, -0.1) is 11.8 Å². The number of carboxylic acid groups (broad SMARTS) is 1. The molecule has 0 atom stereocenters. The van der Waals surface area contributed by atoms with Crippen molar-refractivity contribution < 1.29 is 19.5 Å². The Bertz CT molecular complexity index is 579. The number of carboxylic acids is 1. The van der Waals surface area contributed by atoms with Crippen molar-refractivity contribution in [1.82, 2.24) is 4.90 Å². The predicted molar refractivity (Wildman–Crippen MR) is 78.8 cm³/mol. The number of carbonyl (C=O) groups excluding carboxylic acids is 2. The highest BCUT2D eigenvalue weighted by Crippen LogP contribution is 2.26. The van der Waals surface area contributed by atoms with Gasteiger partial charge in [-0.2, -0.15) is 0 Å². The first-order chi connectivity index (χ1) is 9.49. The minimum absolute atomic E-state index is 0.00477. The first-order valence-corrected chi connectivity index (χ1v) is 7.61. The summed E-state index contributed by atoms with van der Waals surface area (Å²) in [5, 5.41) is 11.6. The first-order valence-electron chi connectivity index (χ1n) is 5.66. The minimum atomic E-state index is -1.13. The van der Waals surface area contributed by atoms with E-state index in [1.54, 1.807) is 12.1 Å². The van der Waals surface area contributed by atoms with Crippen molar-refractivity contribution in [3.8, 4) is 0 Å². The molecule has 1 aliphatic rings. The monoisotopic (exact) mass is 358 g/mol. The summed E-state index contributed by atoms with van der Waals surface area (Å²) in [5.41, 5.74) is 0.194. The SMILES string of the molecule is O=C(CN1CSCC1=O)Nc1c(Br)cccc1C(=O)O. The van der Waals surface area contributed by atoms with Crippen LogP contribution < -0.4 is 5.32 Å². The van der Waals surface area contributed by atoms with Gasteiger partial charge in [0.2, 0.25) is 11.8 Å². The van der Waals surface area contributed by atoms with Crippen LogP contribution in [0.15, 0.2) is 22.7 Å². The normalized spacial score (nSPS) is 14.4. The Kier molecular flexibility index (Phi) is 4.66. The summed E-state index contributed by atoms with van der Waals surface area (Å²) in [6, 6.07) is 4.61. The Morgan fingerprint density at radius 1 is 1.45 bits per heavy atom. The lowest BCUT2D eigenvalue weighted by molar-refractivity contribution is -0.130. The summed E-state index contributed by atoms with van der Waals surface area (Å²) in [5.74, 6) is -0.781. The van der Waals surface area contributed by atoms with E-state index in [9.17, 15) is 14.4 Å². The Labute approximate surface area is 127 Å². The van der Waals surface area contributed by atoms with Gasteiger partial charge in [0, 0.05) is 4.47 Å². The zero-order valence-corrected chi connectivity index (χ0v) is 12.7. The zero-order chi connectivity index (χ0) is 14.7. The number of benzene rings is 1. The quantitative estimate of drug-likeness (QED) is 0.853. The van der Waals surface area contributed by atoms with E-state index in [-0.39, 0.29) is 23.7 Å². The highest BCUT2D eigenvalue weighted by atomic mass is 79.9. The summed E-state index contributed by atoms with van der Waals surface area (Å²) < 4.78 is 0.480. The molecule has 2 rings (SSSR count). The molecule has 0 radical (unpaired) electrons. The molecule has 20 heavy (non-hydrogen) atoms. The molecular weight excluding hydrogens is 348 g/mol. The Hall–Kier alpha value is -1.54. The van der Waals surface area contributed by atoms with E-state index in [2.05, 4.69) is 21.2 Å². The van der Waals surface area contributed by atoms with Gasteiger partial charge in [0.15, 0.2) is 0 Å². The van der Waals surface area contributed by atoms with E-state index < -0.39 is 11.9 Å². The van der Waals surface area contributed by atoms with E-state index >= 15 is 0 Å². The van der Waals surface area contributed by atoms with Gasteiger partial charge in [-0.05, 0) is 28.1 Å². The largest absolute Gasteiger partial charge is 0.478 e. The number of aromatic carboxylic acids is 1. The van der Waals surface area contributed by atoms with Crippen LogP contribution in [0.25, 0.3) is 0 Å². The fourth-order valence-electron chi connectivity index (χ4n) is 1.72. The number of thioether (sulfide) groups is 1. The third-order valence-electron chi connectivity index (χ3n) is 2.67. The third-order valence-corrected chi connectivity index (χ3v) is 4.27. The molecule has 1 aromatic carbocycles. The lowest BCUT2D eigenvalue weighted by Gasteiger charge is -2.15. The Morgan fingerprint density at radius 3 is 2.80 bits per heavy atom. The topological polar surface area (TPSA) is 86.7 Å². The van der Waals surface area contributed by atoms with Gasteiger partial charge in [0.1, 0.15) is 6.54 Å². The van der Waals surface area contributed by atoms with Crippen molar-refractivity contribution in [3.63, 3.8) is 0 Å². The Balaban J connectivity index is 2.11. The number of nitrogens with one attached hydrogen (secondary N) is 1. The average molecular weight is 359 g/mol. The minimum Gasteiger partial charge on any atom is -0.478 e. The molecule has 1 saturated heterocycles. The molecule has 0 unspecified atom stereocenters. The van der Waals surface area contributed by atoms with Gasteiger partial charge < -0.3 is 15.3 Å². The van der Waals surface area contributed by atoms with E-state index in [4.69, 9.17) is 5.11 Å². The standard InChI is InChI=1S/C12H11BrN2O4S/c13-8-3-1-2-7(12(18)19)11(8)14-9(16)4-15-6-20-5-10(15)17/h1-3H,4-6H2,(H,14,16)(H,18,19). The van der Waals surface area contributed by atoms with E-state index in [0.717, 1.165) is 0 Å². The van der Waals surface area contributed by atoms with E-state index in [0.29, 0.717) is 16.1 Å². The second-order valence-electron chi connectivity index (χ2n) is 4.08. The van der Waals surface area contributed by atoms with Gasteiger partial charge in [0.25, 0.3) is 0 Å². The fraction of sp³-hybridized carbons (Fsp3) is 0.250. The third kappa shape index (κ3) is 3.31. The first kappa shape index (κ1) is 14.9. The average Bonchev–Trinajstić information content (AvgIpc) is 2.77.